The van der Waals surface area contributed by atoms with E-state index in [2.05, 4.69) is 51.7 Å². The Hall–Kier alpha value is -1.81. The van der Waals surface area contributed by atoms with Gasteiger partial charge in [0.1, 0.15) is 5.60 Å². The van der Waals surface area contributed by atoms with Crippen LogP contribution in [0.2, 0.25) is 0 Å². The van der Waals surface area contributed by atoms with Crippen molar-refractivity contribution in [2.45, 2.75) is 78.7 Å². The summed E-state index contributed by atoms with van der Waals surface area (Å²) in [5.41, 5.74) is 6.67. The fraction of sp³-hybridized carbons (Fsp3) is 0.609. The highest BCUT2D eigenvalue weighted by molar-refractivity contribution is 5.71. The number of aliphatic hydroxyl groups is 1. The third kappa shape index (κ3) is 3.52. The number of rotatable bonds is 6. The molecule has 1 aliphatic rings. The molecule has 0 saturated carbocycles. The first-order valence-corrected chi connectivity index (χ1v) is 10.5. The minimum atomic E-state index is -0.779. The van der Waals surface area contributed by atoms with Gasteiger partial charge in [0.2, 0.25) is 0 Å². The first kappa shape index (κ1) is 19.9. The van der Waals surface area contributed by atoms with Crippen molar-refractivity contribution in [3.05, 3.63) is 40.1 Å². The Bertz CT molecular complexity index is 792. The third-order valence-electron chi connectivity index (χ3n) is 5.86. The van der Waals surface area contributed by atoms with Gasteiger partial charge in [-0.25, -0.2) is 0 Å². The highest BCUT2D eigenvalue weighted by atomic mass is 16.3. The lowest BCUT2D eigenvalue weighted by molar-refractivity contribution is 0.00829. The van der Waals surface area contributed by atoms with Crippen molar-refractivity contribution in [3.63, 3.8) is 0 Å². The summed E-state index contributed by atoms with van der Waals surface area (Å²) in [6.07, 6.45) is 5.60. The Morgan fingerprint density at radius 1 is 1.07 bits per heavy atom. The molecule has 3 rings (SSSR count). The van der Waals surface area contributed by atoms with Gasteiger partial charge in [0, 0.05) is 24.8 Å². The largest absolute Gasteiger partial charge is 0.384 e. The van der Waals surface area contributed by atoms with Gasteiger partial charge in [0.15, 0.2) is 5.82 Å². The molecule has 0 unspecified atom stereocenters. The average molecular weight is 370 g/mol. The Labute approximate surface area is 164 Å². The summed E-state index contributed by atoms with van der Waals surface area (Å²) in [4.78, 5) is 2.38. The Balaban J connectivity index is 2.14. The van der Waals surface area contributed by atoms with E-state index >= 15 is 0 Å². The zero-order valence-electron chi connectivity index (χ0n) is 17.9. The molecular formula is C23H35N3O. The smallest absolute Gasteiger partial charge is 0.158 e. The Morgan fingerprint density at radius 3 is 2.22 bits per heavy atom. The summed E-state index contributed by atoms with van der Waals surface area (Å²) in [7, 11) is 2.00. The van der Waals surface area contributed by atoms with Crippen molar-refractivity contribution in [2.75, 3.05) is 11.4 Å². The molecule has 0 atom stereocenters. The molecular weight excluding hydrogens is 334 g/mol. The number of nitrogens with zero attached hydrogens (tertiary/aromatic N) is 3. The number of hydrogen-bond acceptors (Lipinski definition) is 3. The van der Waals surface area contributed by atoms with E-state index in [1.54, 1.807) is 0 Å². The zero-order chi connectivity index (χ0) is 19.8. The van der Waals surface area contributed by atoms with Crippen molar-refractivity contribution in [1.29, 1.82) is 0 Å². The predicted molar refractivity (Wildman–Crippen MR) is 113 cm³/mol. The summed E-state index contributed by atoms with van der Waals surface area (Å²) in [5, 5.41) is 16.5. The topological polar surface area (TPSA) is 41.3 Å². The van der Waals surface area contributed by atoms with E-state index in [4.69, 9.17) is 5.10 Å². The first-order valence-electron chi connectivity index (χ1n) is 10.5. The van der Waals surface area contributed by atoms with E-state index in [1.807, 2.05) is 11.7 Å². The molecule has 2 aromatic rings. The number of aromatic nitrogens is 2. The lowest BCUT2D eigenvalue weighted by Gasteiger charge is -2.33. The summed E-state index contributed by atoms with van der Waals surface area (Å²) >= 11 is 0. The van der Waals surface area contributed by atoms with Crippen molar-refractivity contribution in [3.8, 4) is 0 Å². The van der Waals surface area contributed by atoms with Gasteiger partial charge < -0.3 is 10.0 Å². The summed E-state index contributed by atoms with van der Waals surface area (Å²) in [6, 6.07) is 4.51. The van der Waals surface area contributed by atoms with E-state index < -0.39 is 5.60 Å². The van der Waals surface area contributed by atoms with Gasteiger partial charge in [-0.2, -0.15) is 5.10 Å². The lowest BCUT2D eigenvalue weighted by Crippen LogP contribution is -2.31. The van der Waals surface area contributed by atoms with Crippen molar-refractivity contribution in [2.24, 2.45) is 7.05 Å². The molecule has 1 aromatic heterocycles. The van der Waals surface area contributed by atoms with Crippen LogP contribution < -0.4 is 4.90 Å². The van der Waals surface area contributed by atoms with Crippen LogP contribution in [-0.2, 0) is 19.1 Å². The number of aryl methyl sites for hydroxylation is 4. The second-order valence-corrected chi connectivity index (χ2v) is 8.31. The minimum absolute atomic E-state index is 0.779. The molecule has 0 fully saturated rings. The van der Waals surface area contributed by atoms with Crippen molar-refractivity contribution in [1.82, 2.24) is 9.78 Å². The third-order valence-corrected chi connectivity index (χ3v) is 5.86. The van der Waals surface area contributed by atoms with E-state index in [0.717, 1.165) is 56.6 Å². The molecule has 0 spiro atoms. The monoisotopic (exact) mass is 369 g/mol. The first-order chi connectivity index (χ1) is 12.8. The number of anilines is 2. The molecule has 2 heterocycles. The standard InChI is InChI=1S/C23H35N3O/c1-7-11-23(27,12-8-2)21-19-10-9-13-26(22(19)24-25(21)6)20-17(4)14-16(3)15-18(20)5/h14-15,27H,7-13H2,1-6H3. The maximum absolute atomic E-state index is 11.5. The van der Waals surface area contributed by atoms with Gasteiger partial charge in [-0.15, -0.1) is 0 Å². The number of benzene rings is 1. The Morgan fingerprint density at radius 2 is 1.67 bits per heavy atom. The number of hydrogen-bond donors (Lipinski definition) is 1. The molecule has 27 heavy (non-hydrogen) atoms. The van der Waals surface area contributed by atoms with Gasteiger partial charge in [-0.05, 0) is 57.6 Å². The predicted octanol–water partition coefficient (Wildman–Crippen LogP) is 5.22. The normalized spacial score (nSPS) is 14.6. The number of fused-ring (bicyclic) bond motifs is 1. The van der Waals surface area contributed by atoms with E-state index in [1.165, 1.54) is 27.9 Å². The molecule has 0 radical (unpaired) electrons. The Kier molecular flexibility index (Phi) is 5.66. The second-order valence-electron chi connectivity index (χ2n) is 8.31. The average Bonchev–Trinajstić information content (AvgIpc) is 2.91. The maximum Gasteiger partial charge on any atom is 0.158 e. The van der Waals surface area contributed by atoms with Crippen LogP contribution in [0.25, 0.3) is 0 Å². The van der Waals surface area contributed by atoms with Gasteiger partial charge in [0.05, 0.1) is 5.69 Å². The molecule has 0 aliphatic carbocycles. The molecule has 148 valence electrons. The zero-order valence-corrected chi connectivity index (χ0v) is 17.9. The van der Waals surface area contributed by atoms with Crippen LogP contribution in [0.3, 0.4) is 0 Å². The van der Waals surface area contributed by atoms with E-state index in [0.29, 0.717) is 0 Å². The molecule has 4 heteroatoms. The van der Waals surface area contributed by atoms with Crippen molar-refractivity contribution >= 4 is 11.5 Å². The van der Waals surface area contributed by atoms with Gasteiger partial charge >= 0.3 is 0 Å². The summed E-state index contributed by atoms with van der Waals surface area (Å²) in [5.74, 6) is 1.04. The van der Waals surface area contributed by atoms with Crippen molar-refractivity contribution < 1.29 is 5.11 Å². The quantitative estimate of drug-likeness (QED) is 0.759. The highest BCUT2D eigenvalue weighted by Gasteiger charge is 2.37. The van der Waals surface area contributed by atoms with E-state index in [9.17, 15) is 5.11 Å². The molecule has 1 aromatic carbocycles. The molecule has 4 nitrogen and oxygen atoms in total. The highest BCUT2D eigenvalue weighted by Crippen LogP contribution is 2.43. The fourth-order valence-corrected chi connectivity index (χ4v) is 5.11. The van der Waals surface area contributed by atoms with Crippen LogP contribution >= 0.6 is 0 Å². The fourth-order valence-electron chi connectivity index (χ4n) is 5.11. The van der Waals surface area contributed by atoms with Gasteiger partial charge in [0.25, 0.3) is 0 Å². The molecule has 0 bridgehead atoms. The molecule has 0 amide bonds. The molecule has 1 aliphatic heterocycles. The second kappa shape index (κ2) is 7.67. The minimum Gasteiger partial charge on any atom is -0.384 e. The molecule has 1 N–H and O–H groups in total. The summed E-state index contributed by atoms with van der Waals surface area (Å²) < 4.78 is 1.95. The van der Waals surface area contributed by atoms with Gasteiger partial charge in [-0.1, -0.05) is 44.4 Å². The van der Waals surface area contributed by atoms with Gasteiger partial charge in [-0.3, -0.25) is 4.68 Å². The van der Waals surface area contributed by atoms with E-state index in [-0.39, 0.29) is 0 Å². The van der Waals surface area contributed by atoms with Crippen LogP contribution in [-0.4, -0.2) is 21.4 Å². The van der Waals surface area contributed by atoms with Crippen LogP contribution in [0.4, 0.5) is 11.5 Å². The summed E-state index contributed by atoms with van der Waals surface area (Å²) in [6.45, 7) is 11.8. The SMILES string of the molecule is CCCC(O)(CCC)c1c2c(nn1C)N(c1c(C)cc(C)cc1C)CCC2. The van der Waals surface area contributed by atoms with Crippen LogP contribution in [0, 0.1) is 20.8 Å². The van der Waals surface area contributed by atoms with Crippen LogP contribution in [0.1, 0.15) is 73.9 Å². The maximum atomic E-state index is 11.5. The lowest BCUT2D eigenvalue weighted by atomic mass is 9.85. The van der Waals surface area contributed by atoms with Crippen LogP contribution in [0.15, 0.2) is 12.1 Å². The van der Waals surface area contributed by atoms with Crippen LogP contribution in [0.5, 0.6) is 0 Å². The molecule has 0 saturated heterocycles.